The average molecular weight is 256 g/mol. The summed E-state index contributed by atoms with van der Waals surface area (Å²) < 4.78 is 0. The van der Waals surface area contributed by atoms with Crippen molar-refractivity contribution in [2.45, 2.75) is 7.43 Å². The fraction of sp³-hybridized carbons (Fsp3) is 0.0769. The summed E-state index contributed by atoms with van der Waals surface area (Å²) in [5, 5.41) is 11.5. The molecule has 0 saturated carbocycles. The van der Waals surface area contributed by atoms with Crippen LogP contribution in [0.4, 0.5) is 0 Å². The number of aromatic nitrogens is 2. The largest absolute Gasteiger partial charge is 0.380 e. The Morgan fingerprint density at radius 1 is 1.11 bits per heavy atom. The van der Waals surface area contributed by atoms with Gasteiger partial charge in [0.25, 0.3) is 0 Å². The fourth-order valence-corrected chi connectivity index (χ4v) is 1.01. The predicted molar refractivity (Wildman–Crippen MR) is 74.8 cm³/mol. The van der Waals surface area contributed by atoms with Gasteiger partial charge in [0.2, 0.25) is 0 Å². The van der Waals surface area contributed by atoms with Gasteiger partial charge in [0.1, 0.15) is 17.5 Å². The van der Waals surface area contributed by atoms with E-state index >= 15 is 0 Å². The number of rotatable bonds is 1. The summed E-state index contributed by atoms with van der Waals surface area (Å²) in [6, 6.07) is 12.5. The van der Waals surface area contributed by atoms with Crippen molar-refractivity contribution in [2.75, 3.05) is 0 Å². The maximum Gasteiger partial charge on any atom is 0.168 e. The lowest BCUT2D eigenvalue weighted by molar-refractivity contribution is 1.19. The highest BCUT2D eigenvalue weighted by atomic mass is 15.2. The first-order valence-corrected chi connectivity index (χ1v) is 5.04. The molecule has 6 nitrogen and oxygen atoms in total. The third kappa shape index (κ3) is 5.79. The number of pyridine rings is 2. The molecule has 0 aliphatic carbocycles. The molecule has 2 rings (SSSR count). The summed E-state index contributed by atoms with van der Waals surface area (Å²) in [7, 11) is 0. The van der Waals surface area contributed by atoms with Gasteiger partial charge >= 0.3 is 0 Å². The van der Waals surface area contributed by atoms with Gasteiger partial charge in [-0.1, -0.05) is 19.6 Å². The molecular formula is C13H16N6. The van der Waals surface area contributed by atoms with E-state index in [1.807, 2.05) is 12.1 Å². The lowest BCUT2D eigenvalue weighted by atomic mass is 10.3. The summed E-state index contributed by atoms with van der Waals surface area (Å²) in [5.74, 6) is 5.18. The molecule has 98 valence electrons. The highest BCUT2D eigenvalue weighted by Gasteiger charge is 1.94. The molecule has 0 bridgehead atoms. The molecule has 0 radical (unpaired) electrons. The van der Waals surface area contributed by atoms with E-state index in [-0.39, 0.29) is 13.3 Å². The highest BCUT2D eigenvalue weighted by Crippen LogP contribution is 1.90. The van der Waals surface area contributed by atoms with Crippen LogP contribution in [0, 0.1) is 11.3 Å². The minimum Gasteiger partial charge on any atom is -0.380 e. The Balaban J connectivity index is 0.000000331. The normalized spacial score (nSPS) is 9.32. The zero-order valence-electron chi connectivity index (χ0n) is 9.56. The van der Waals surface area contributed by atoms with Crippen molar-refractivity contribution in [1.82, 2.24) is 9.97 Å². The van der Waals surface area contributed by atoms with Crippen molar-refractivity contribution in [3.05, 3.63) is 60.2 Å². The molecule has 0 amide bonds. The van der Waals surface area contributed by atoms with Gasteiger partial charge < -0.3 is 11.6 Å². The highest BCUT2D eigenvalue weighted by molar-refractivity contribution is 5.95. The van der Waals surface area contributed by atoms with Crippen LogP contribution in [0.25, 0.3) is 0 Å². The summed E-state index contributed by atoms with van der Waals surface area (Å²) in [6.07, 6.45) is 3.23. The molecule has 0 aromatic carbocycles. The van der Waals surface area contributed by atoms with Gasteiger partial charge in [0, 0.05) is 12.4 Å². The maximum atomic E-state index is 8.23. The molecular weight excluding hydrogens is 240 g/mol. The Labute approximate surface area is 112 Å². The van der Waals surface area contributed by atoms with Crippen molar-refractivity contribution in [3.8, 4) is 6.07 Å². The van der Waals surface area contributed by atoms with Crippen LogP contribution < -0.4 is 11.6 Å². The fourth-order valence-electron chi connectivity index (χ4n) is 1.01. The molecule has 0 aliphatic rings. The molecule has 0 fully saturated rings. The summed E-state index contributed by atoms with van der Waals surface area (Å²) >= 11 is 0. The first-order chi connectivity index (χ1) is 8.77. The predicted octanol–water partition coefficient (Wildman–Crippen LogP) is 1.25. The van der Waals surface area contributed by atoms with Crippen molar-refractivity contribution < 1.29 is 0 Å². The van der Waals surface area contributed by atoms with Crippen molar-refractivity contribution in [1.29, 1.82) is 5.26 Å². The van der Waals surface area contributed by atoms with Crippen LogP contribution in [-0.2, 0) is 0 Å². The lowest BCUT2D eigenvalue weighted by Crippen LogP contribution is -2.16. The van der Waals surface area contributed by atoms with Crippen LogP contribution in [0.3, 0.4) is 0 Å². The third-order valence-electron chi connectivity index (χ3n) is 1.85. The number of amidine groups is 1. The standard InChI is InChI=1S/C6H8N4.C6H4N2.CH4/c7-6(10-8)5-3-1-2-4-9-5;7-5-6-3-1-2-4-8-6;/h1-4H,8H2,(H2,7,10);1-4H;1H4. The van der Waals surface area contributed by atoms with E-state index in [1.165, 1.54) is 0 Å². The van der Waals surface area contributed by atoms with E-state index in [1.54, 1.807) is 42.7 Å². The smallest absolute Gasteiger partial charge is 0.168 e. The van der Waals surface area contributed by atoms with E-state index in [4.69, 9.17) is 16.8 Å². The van der Waals surface area contributed by atoms with Crippen LogP contribution in [0.1, 0.15) is 18.8 Å². The van der Waals surface area contributed by atoms with Crippen LogP contribution >= 0.6 is 0 Å². The summed E-state index contributed by atoms with van der Waals surface area (Å²) in [6.45, 7) is 0. The van der Waals surface area contributed by atoms with E-state index in [9.17, 15) is 0 Å². The van der Waals surface area contributed by atoms with Gasteiger partial charge in [-0.3, -0.25) is 4.98 Å². The van der Waals surface area contributed by atoms with Crippen LogP contribution in [-0.4, -0.2) is 15.8 Å². The molecule has 19 heavy (non-hydrogen) atoms. The molecule has 0 atom stereocenters. The maximum absolute atomic E-state index is 8.23. The summed E-state index contributed by atoms with van der Waals surface area (Å²) in [5.41, 5.74) is 6.42. The Bertz CT molecular complexity index is 530. The number of hydrogen-bond donors (Lipinski definition) is 2. The van der Waals surface area contributed by atoms with Gasteiger partial charge in [-0.05, 0) is 24.3 Å². The van der Waals surface area contributed by atoms with Gasteiger partial charge in [0.05, 0.1) is 0 Å². The topological polar surface area (TPSA) is 114 Å². The Morgan fingerprint density at radius 2 is 1.74 bits per heavy atom. The Kier molecular flexibility index (Phi) is 7.72. The van der Waals surface area contributed by atoms with Gasteiger partial charge in [-0.25, -0.2) is 4.98 Å². The second kappa shape index (κ2) is 9.13. The molecule has 0 spiro atoms. The second-order valence-corrected chi connectivity index (χ2v) is 3.06. The van der Waals surface area contributed by atoms with E-state index in [2.05, 4.69) is 15.1 Å². The molecule has 2 aromatic heterocycles. The number of nitrogens with zero attached hydrogens (tertiary/aromatic N) is 4. The third-order valence-corrected chi connectivity index (χ3v) is 1.85. The van der Waals surface area contributed by atoms with Crippen LogP contribution in [0.5, 0.6) is 0 Å². The van der Waals surface area contributed by atoms with E-state index in [0.29, 0.717) is 11.4 Å². The van der Waals surface area contributed by atoms with E-state index < -0.39 is 0 Å². The minimum absolute atomic E-state index is 0. The van der Waals surface area contributed by atoms with Crippen molar-refractivity contribution in [2.24, 2.45) is 16.7 Å². The molecule has 0 saturated heterocycles. The lowest BCUT2D eigenvalue weighted by Gasteiger charge is -1.94. The Hall–Kier alpha value is -2.94. The van der Waals surface area contributed by atoms with Crippen LogP contribution in [0.15, 0.2) is 53.9 Å². The van der Waals surface area contributed by atoms with Crippen molar-refractivity contribution in [3.63, 3.8) is 0 Å². The molecule has 6 heteroatoms. The number of hydrazone groups is 1. The number of nitriles is 1. The zero-order valence-corrected chi connectivity index (χ0v) is 9.56. The van der Waals surface area contributed by atoms with Crippen LogP contribution in [0.2, 0.25) is 0 Å². The molecule has 4 N–H and O–H groups in total. The monoisotopic (exact) mass is 256 g/mol. The van der Waals surface area contributed by atoms with Crippen molar-refractivity contribution >= 4 is 5.84 Å². The van der Waals surface area contributed by atoms with Gasteiger partial charge in [-0.2, -0.15) is 10.4 Å². The van der Waals surface area contributed by atoms with Gasteiger partial charge in [-0.15, -0.1) is 0 Å². The SMILES string of the molecule is C.N#Cc1ccccn1.N/N=C(/N)c1ccccn1. The second-order valence-electron chi connectivity index (χ2n) is 3.06. The van der Waals surface area contributed by atoms with E-state index in [0.717, 1.165) is 0 Å². The zero-order chi connectivity index (χ0) is 13.2. The Morgan fingerprint density at radius 3 is 2.11 bits per heavy atom. The van der Waals surface area contributed by atoms with Gasteiger partial charge in [0.15, 0.2) is 5.84 Å². The first-order valence-electron chi connectivity index (χ1n) is 5.04. The number of hydrogen-bond acceptors (Lipinski definition) is 5. The summed E-state index contributed by atoms with van der Waals surface area (Å²) in [4.78, 5) is 7.65. The number of nitrogens with two attached hydrogens (primary N) is 2. The molecule has 0 aliphatic heterocycles. The quantitative estimate of drug-likeness (QED) is 0.345. The average Bonchev–Trinajstić information content (AvgIpc) is 2.49. The molecule has 2 aromatic rings. The molecule has 2 heterocycles. The minimum atomic E-state index is 0. The molecule has 0 unspecified atom stereocenters. The first kappa shape index (κ1) is 16.1.